The number of rotatable bonds is 3. The maximum absolute atomic E-state index is 13.5. The van der Waals surface area contributed by atoms with Crippen LogP contribution < -0.4 is 5.14 Å². The van der Waals surface area contributed by atoms with Crippen molar-refractivity contribution in [3.8, 4) is 22.5 Å². The van der Waals surface area contributed by atoms with E-state index in [9.17, 15) is 17.2 Å². The highest BCUT2D eigenvalue weighted by Gasteiger charge is 2.17. The number of halogens is 2. The van der Waals surface area contributed by atoms with Crippen LogP contribution in [0.3, 0.4) is 0 Å². The van der Waals surface area contributed by atoms with Crippen LogP contribution >= 0.6 is 0 Å². The molecule has 0 aliphatic carbocycles. The Labute approximate surface area is 182 Å². The van der Waals surface area contributed by atoms with Crippen molar-refractivity contribution in [2.75, 3.05) is 0 Å². The molecule has 0 aliphatic rings. The van der Waals surface area contributed by atoms with Gasteiger partial charge in [-0.05, 0) is 72.1 Å². The molecule has 2 N–H and O–H groups in total. The Bertz CT molecular complexity index is 1600. The first-order valence-electron chi connectivity index (χ1n) is 9.59. The lowest BCUT2D eigenvalue weighted by atomic mass is 10.0. The fourth-order valence-corrected chi connectivity index (χ4v) is 4.42. The van der Waals surface area contributed by atoms with Crippen LogP contribution in [0.2, 0.25) is 0 Å². The standard InChI is InChI=1S/C24H15F2N3O2S/c25-17-8-4-14(5-9-17)23-24(15-6-10-18(26)11-7-15)29-21-13-19-16(12-20(21)28-23)2-1-3-22(19)32(27,30)31/h1-13H,(H2,27,30,31). The van der Waals surface area contributed by atoms with Crippen LogP contribution in [0.15, 0.2) is 83.8 Å². The van der Waals surface area contributed by atoms with Gasteiger partial charge in [0.2, 0.25) is 10.0 Å². The molecule has 0 fully saturated rings. The lowest BCUT2D eigenvalue weighted by Crippen LogP contribution is -2.12. The van der Waals surface area contributed by atoms with Crippen molar-refractivity contribution in [1.82, 2.24) is 9.97 Å². The number of fused-ring (bicyclic) bond motifs is 2. The lowest BCUT2D eigenvalue weighted by Gasteiger charge is -2.12. The van der Waals surface area contributed by atoms with Crippen molar-refractivity contribution in [1.29, 1.82) is 0 Å². The van der Waals surface area contributed by atoms with E-state index in [2.05, 4.69) is 0 Å². The van der Waals surface area contributed by atoms with Gasteiger partial charge in [-0.3, -0.25) is 0 Å². The summed E-state index contributed by atoms with van der Waals surface area (Å²) in [5, 5.41) is 6.45. The molecule has 0 bridgehead atoms. The zero-order chi connectivity index (χ0) is 22.5. The van der Waals surface area contributed by atoms with Gasteiger partial charge in [-0.15, -0.1) is 0 Å². The molecule has 1 aromatic heterocycles. The van der Waals surface area contributed by atoms with Gasteiger partial charge in [0.1, 0.15) is 11.6 Å². The van der Waals surface area contributed by atoms with Gasteiger partial charge >= 0.3 is 0 Å². The van der Waals surface area contributed by atoms with E-state index >= 15 is 0 Å². The van der Waals surface area contributed by atoms with Crippen LogP contribution in [0.1, 0.15) is 0 Å². The number of nitrogens with two attached hydrogens (primary N) is 1. The molecule has 32 heavy (non-hydrogen) atoms. The second-order valence-corrected chi connectivity index (χ2v) is 8.83. The summed E-state index contributed by atoms with van der Waals surface area (Å²) in [6.07, 6.45) is 0. The molecule has 5 rings (SSSR count). The van der Waals surface area contributed by atoms with Crippen LogP contribution in [0.4, 0.5) is 8.78 Å². The average molecular weight is 447 g/mol. The van der Waals surface area contributed by atoms with E-state index < -0.39 is 15.8 Å². The fourth-order valence-electron chi connectivity index (χ4n) is 3.67. The maximum atomic E-state index is 13.5. The number of sulfonamides is 1. The molecular weight excluding hydrogens is 432 g/mol. The van der Waals surface area contributed by atoms with Gasteiger partial charge in [0.05, 0.1) is 27.3 Å². The molecule has 1 heterocycles. The van der Waals surface area contributed by atoms with Crippen LogP contribution in [-0.2, 0) is 10.0 Å². The molecule has 0 aliphatic heterocycles. The van der Waals surface area contributed by atoms with Gasteiger partial charge in [-0.2, -0.15) is 0 Å². The molecule has 0 spiro atoms. The average Bonchev–Trinajstić information content (AvgIpc) is 2.77. The number of primary sulfonamides is 1. The summed E-state index contributed by atoms with van der Waals surface area (Å²) in [6.45, 7) is 0. The van der Waals surface area contributed by atoms with Crippen LogP contribution in [0.5, 0.6) is 0 Å². The predicted molar refractivity (Wildman–Crippen MR) is 119 cm³/mol. The molecule has 5 nitrogen and oxygen atoms in total. The van der Waals surface area contributed by atoms with Gasteiger partial charge in [-0.1, -0.05) is 12.1 Å². The predicted octanol–water partition coefficient (Wildman–Crippen LogP) is 5.04. The van der Waals surface area contributed by atoms with Gasteiger partial charge < -0.3 is 0 Å². The third-order valence-corrected chi connectivity index (χ3v) is 6.14. The van der Waals surface area contributed by atoms with Crippen LogP contribution in [0.25, 0.3) is 44.3 Å². The van der Waals surface area contributed by atoms with Crippen molar-refractivity contribution in [3.05, 3.63) is 90.5 Å². The third-order valence-electron chi connectivity index (χ3n) is 5.17. The molecule has 0 radical (unpaired) electrons. The molecule has 5 aromatic rings. The van der Waals surface area contributed by atoms with E-state index in [1.807, 2.05) is 0 Å². The van der Waals surface area contributed by atoms with Gasteiger partial charge in [0.25, 0.3) is 0 Å². The van der Waals surface area contributed by atoms with Gasteiger partial charge in [-0.25, -0.2) is 32.3 Å². The number of benzene rings is 4. The van der Waals surface area contributed by atoms with Crippen molar-refractivity contribution in [2.24, 2.45) is 5.14 Å². The second-order valence-electron chi connectivity index (χ2n) is 7.30. The van der Waals surface area contributed by atoms with Crippen molar-refractivity contribution < 1.29 is 17.2 Å². The van der Waals surface area contributed by atoms with E-state index in [0.29, 0.717) is 44.3 Å². The number of hydrogen-bond donors (Lipinski definition) is 1. The van der Waals surface area contributed by atoms with Gasteiger partial charge in [0.15, 0.2) is 0 Å². The monoisotopic (exact) mass is 447 g/mol. The van der Waals surface area contributed by atoms with Crippen molar-refractivity contribution >= 4 is 31.8 Å². The van der Waals surface area contributed by atoms with Crippen molar-refractivity contribution in [2.45, 2.75) is 4.90 Å². The summed E-state index contributed by atoms with van der Waals surface area (Å²) in [5.41, 5.74) is 3.16. The first kappa shape index (κ1) is 20.2. The normalized spacial score (nSPS) is 11.8. The molecule has 0 saturated heterocycles. The fraction of sp³-hybridized carbons (Fsp3) is 0. The smallest absolute Gasteiger partial charge is 0.238 e. The molecule has 0 amide bonds. The Balaban J connectivity index is 1.85. The summed E-state index contributed by atoms with van der Waals surface area (Å²) in [4.78, 5) is 9.48. The summed E-state index contributed by atoms with van der Waals surface area (Å²) in [5.74, 6) is -0.776. The SMILES string of the molecule is NS(=O)(=O)c1cccc2cc3nc(-c4ccc(F)cc4)c(-c4ccc(F)cc4)nc3cc12. The molecule has 158 valence electrons. The lowest BCUT2D eigenvalue weighted by molar-refractivity contribution is 0.598. The highest BCUT2D eigenvalue weighted by molar-refractivity contribution is 7.89. The number of aromatic nitrogens is 2. The zero-order valence-electron chi connectivity index (χ0n) is 16.5. The number of nitrogens with zero attached hydrogens (tertiary/aromatic N) is 2. The quantitative estimate of drug-likeness (QED) is 0.393. The van der Waals surface area contributed by atoms with E-state index in [1.165, 1.54) is 30.3 Å². The topological polar surface area (TPSA) is 85.9 Å². The Morgan fingerprint density at radius 3 is 1.69 bits per heavy atom. The zero-order valence-corrected chi connectivity index (χ0v) is 17.3. The molecule has 4 aromatic carbocycles. The first-order chi connectivity index (χ1) is 15.3. The molecule has 8 heteroatoms. The maximum Gasteiger partial charge on any atom is 0.238 e. The Hall–Kier alpha value is -3.75. The minimum atomic E-state index is -3.95. The summed E-state index contributed by atoms with van der Waals surface area (Å²) in [7, 11) is -3.95. The summed E-state index contributed by atoms with van der Waals surface area (Å²) >= 11 is 0. The second kappa shape index (κ2) is 7.44. The number of hydrogen-bond acceptors (Lipinski definition) is 4. The Morgan fingerprint density at radius 2 is 1.19 bits per heavy atom. The van der Waals surface area contributed by atoms with E-state index in [1.54, 1.807) is 48.5 Å². The highest BCUT2D eigenvalue weighted by atomic mass is 32.2. The minimum Gasteiger partial charge on any atom is -0.244 e. The minimum absolute atomic E-state index is 0.00959. The largest absolute Gasteiger partial charge is 0.244 e. The van der Waals surface area contributed by atoms with Gasteiger partial charge in [0, 0.05) is 16.5 Å². The Morgan fingerprint density at radius 1 is 0.688 bits per heavy atom. The molecule has 0 unspecified atom stereocenters. The van der Waals surface area contributed by atoms with E-state index in [0.717, 1.165) is 0 Å². The van der Waals surface area contributed by atoms with Crippen molar-refractivity contribution in [3.63, 3.8) is 0 Å². The van der Waals surface area contributed by atoms with E-state index in [4.69, 9.17) is 15.1 Å². The summed E-state index contributed by atoms with van der Waals surface area (Å²) in [6, 6.07) is 19.8. The highest BCUT2D eigenvalue weighted by Crippen LogP contribution is 2.33. The first-order valence-corrected chi connectivity index (χ1v) is 11.1. The summed E-state index contributed by atoms with van der Waals surface area (Å²) < 4.78 is 51.1. The third kappa shape index (κ3) is 3.59. The molecular formula is C24H15F2N3O2S. The van der Waals surface area contributed by atoms with Crippen LogP contribution in [-0.4, -0.2) is 18.4 Å². The van der Waals surface area contributed by atoms with E-state index in [-0.39, 0.29) is 10.7 Å². The Kier molecular flexibility index (Phi) is 4.69. The molecule has 0 saturated carbocycles. The van der Waals surface area contributed by atoms with Crippen LogP contribution in [0, 0.1) is 11.6 Å². The molecule has 0 atom stereocenters.